The predicted molar refractivity (Wildman–Crippen MR) is 284 cm³/mol. The second kappa shape index (κ2) is 15.3. The minimum absolute atomic E-state index is 1.13. The number of anilines is 3. The highest BCUT2D eigenvalue weighted by atomic mass is 32.2. The summed E-state index contributed by atoms with van der Waals surface area (Å²) in [7, 11) is -5.91. The van der Waals surface area contributed by atoms with Gasteiger partial charge in [-0.25, -0.2) is 0 Å². The zero-order valence-corrected chi connectivity index (χ0v) is 39.1. The Bertz CT molecular complexity index is 3500. The first-order valence-corrected chi connectivity index (χ1v) is 28.0. The Hall–Kier alpha value is -7.00. The Morgan fingerprint density at radius 2 is 0.815 bits per heavy atom. The maximum absolute atomic E-state index is 2.99. The topological polar surface area (TPSA) is 3.24 Å². The molecule has 0 saturated heterocycles. The van der Waals surface area contributed by atoms with Crippen LogP contribution in [0.25, 0.3) is 31.3 Å². The van der Waals surface area contributed by atoms with Crippen molar-refractivity contribution in [1.29, 1.82) is 0 Å². The lowest BCUT2D eigenvalue weighted by molar-refractivity contribution is 1.29. The van der Waals surface area contributed by atoms with Crippen LogP contribution in [0.5, 0.6) is 0 Å². The summed E-state index contributed by atoms with van der Waals surface area (Å²) >= 11 is 3.82. The van der Waals surface area contributed by atoms with Crippen molar-refractivity contribution in [3.63, 3.8) is 0 Å². The van der Waals surface area contributed by atoms with Crippen LogP contribution in [-0.4, -0.2) is 16.1 Å². The zero-order valence-electron chi connectivity index (χ0n) is 35.4. The van der Waals surface area contributed by atoms with Crippen LogP contribution >= 0.6 is 23.1 Å². The summed E-state index contributed by atoms with van der Waals surface area (Å²) < 4.78 is 2.66. The molecule has 10 aromatic carbocycles. The monoisotopic (exact) mass is 895 g/mol. The summed E-state index contributed by atoms with van der Waals surface area (Å²) in [6.07, 6.45) is 0. The van der Waals surface area contributed by atoms with E-state index in [1.165, 1.54) is 82.6 Å². The van der Waals surface area contributed by atoms with Gasteiger partial charge < -0.3 is 4.90 Å². The van der Waals surface area contributed by atoms with Crippen molar-refractivity contribution in [3.8, 4) is 11.1 Å². The molecule has 0 bridgehead atoms. The standard InChI is InChI=1S/C60H41NS2Si2/c1-4-19-43(20-5-1)61(44-37-35-42(36-38-44)48-26-18-27-50-49-25-10-11-28-51(49)63-60(48)50)45-39-40-58-59(41-45)65(54-31-14-12-29-52(54)62-53-30-13-15-32-55(53)65)57-34-17-16-33-56(57)64(58,46-21-6-2-7-22-46)47-23-8-3-9-24-47/h1-41H. The van der Waals surface area contributed by atoms with E-state index in [1.807, 2.05) is 23.1 Å². The van der Waals surface area contributed by atoms with Gasteiger partial charge in [0.25, 0.3) is 0 Å². The zero-order chi connectivity index (χ0) is 43.0. The van der Waals surface area contributed by atoms with Crippen molar-refractivity contribution >= 4 is 118 Å². The molecule has 306 valence electrons. The lowest BCUT2D eigenvalue weighted by Gasteiger charge is -2.50. The average molecular weight is 896 g/mol. The van der Waals surface area contributed by atoms with Crippen molar-refractivity contribution in [2.45, 2.75) is 9.79 Å². The van der Waals surface area contributed by atoms with Gasteiger partial charge >= 0.3 is 0 Å². The molecular weight excluding hydrogens is 855 g/mol. The fourth-order valence-corrected chi connectivity index (χ4v) is 26.8. The number of thiophene rings is 1. The molecule has 2 aliphatic rings. The number of hydrogen-bond donors (Lipinski definition) is 0. The maximum Gasteiger partial charge on any atom is 0.181 e. The van der Waals surface area contributed by atoms with Gasteiger partial charge in [0.15, 0.2) is 16.1 Å². The van der Waals surface area contributed by atoms with Crippen LogP contribution in [0.2, 0.25) is 0 Å². The summed E-state index contributed by atoms with van der Waals surface area (Å²) in [6.45, 7) is 0. The van der Waals surface area contributed by atoms with E-state index in [9.17, 15) is 0 Å². The van der Waals surface area contributed by atoms with Crippen LogP contribution in [-0.2, 0) is 0 Å². The van der Waals surface area contributed by atoms with Crippen LogP contribution < -0.4 is 46.4 Å². The van der Waals surface area contributed by atoms with E-state index in [-0.39, 0.29) is 0 Å². The third kappa shape index (κ3) is 5.70. The molecule has 3 heterocycles. The first kappa shape index (κ1) is 38.5. The van der Waals surface area contributed by atoms with Crippen LogP contribution in [0.4, 0.5) is 17.1 Å². The minimum atomic E-state index is -2.99. The number of rotatable bonds is 6. The molecule has 1 aromatic heterocycles. The summed E-state index contributed by atoms with van der Waals surface area (Å²) in [5.74, 6) is 0. The summed E-state index contributed by atoms with van der Waals surface area (Å²) in [5.41, 5.74) is 5.93. The van der Waals surface area contributed by atoms with Gasteiger partial charge in [-0.15, -0.1) is 11.3 Å². The molecule has 1 nitrogen and oxygen atoms in total. The van der Waals surface area contributed by atoms with Crippen molar-refractivity contribution in [3.05, 3.63) is 249 Å². The Morgan fingerprint density at radius 3 is 1.48 bits per heavy atom. The van der Waals surface area contributed by atoms with E-state index in [4.69, 9.17) is 0 Å². The molecule has 2 aliphatic heterocycles. The van der Waals surface area contributed by atoms with Crippen LogP contribution in [0, 0.1) is 0 Å². The van der Waals surface area contributed by atoms with Crippen molar-refractivity contribution in [2.24, 2.45) is 0 Å². The van der Waals surface area contributed by atoms with E-state index in [0.29, 0.717) is 0 Å². The van der Waals surface area contributed by atoms with Crippen LogP contribution in [0.15, 0.2) is 259 Å². The van der Waals surface area contributed by atoms with E-state index in [0.717, 1.165) is 17.1 Å². The van der Waals surface area contributed by atoms with Gasteiger partial charge in [-0.1, -0.05) is 206 Å². The fraction of sp³-hybridized carbons (Fsp3) is 0. The molecule has 0 fully saturated rings. The molecular formula is C60H41NS2Si2. The third-order valence-corrected chi connectivity index (χ3v) is 26.9. The lowest BCUT2D eigenvalue weighted by Crippen LogP contribution is -2.93. The van der Waals surface area contributed by atoms with Crippen molar-refractivity contribution in [1.82, 2.24) is 0 Å². The Balaban J connectivity index is 1.10. The third-order valence-electron chi connectivity index (χ3n) is 13.9. The van der Waals surface area contributed by atoms with Crippen LogP contribution in [0.1, 0.15) is 0 Å². The second-order valence-corrected chi connectivity index (χ2v) is 26.6. The van der Waals surface area contributed by atoms with Gasteiger partial charge in [0.1, 0.15) is 0 Å². The molecule has 13 rings (SSSR count). The second-order valence-electron chi connectivity index (χ2n) is 17.1. The number of benzene rings is 10. The normalized spacial score (nSPS) is 14.0. The first-order chi connectivity index (χ1) is 32.2. The highest BCUT2D eigenvalue weighted by molar-refractivity contribution is 8.00. The van der Waals surface area contributed by atoms with E-state index in [2.05, 4.69) is 254 Å². The van der Waals surface area contributed by atoms with Gasteiger partial charge in [-0.05, 0) is 107 Å². The van der Waals surface area contributed by atoms with Gasteiger partial charge in [0.05, 0.1) is 0 Å². The summed E-state index contributed by atoms with van der Waals surface area (Å²) in [4.78, 5) is 5.21. The largest absolute Gasteiger partial charge is 0.311 e. The molecule has 0 amide bonds. The van der Waals surface area contributed by atoms with Crippen molar-refractivity contribution < 1.29 is 0 Å². The molecule has 0 saturated carbocycles. The molecule has 0 N–H and O–H groups in total. The summed E-state index contributed by atoms with van der Waals surface area (Å²) in [6, 6.07) is 94.6. The highest BCUT2D eigenvalue weighted by Crippen LogP contribution is 2.42. The lowest BCUT2D eigenvalue weighted by atomic mass is 10.0. The molecule has 11 aromatic rings. The van der Waals surface area contributed by atoms with Gasteiger partial charge in [0, 0.05) is 47.0 Å². The van der Waals surface area contributed by atoms with Gasteiger partial charge in [-0.3, -0.25) is 0 Å². The smallest absolute Gasteiger partial charge is 0.181 e. The Labute approximate surface area is 390 Å². The van der Waals surface area contributed by atoms with Crippen LogP contribution in [0.3, 0.4) is 0 Å². The quantitative estimate of drug-likeness (QED) is 0.153. The summed E-state index contributed by atoms with van der Waals surface area (Å²) in [5, 5.41) is 14.4. The molecule has 0 aliphatic carbocycles. The Kier molecular flexibility index (Phi) is 9.07. The number of nitrogens with zero attached hydrogens (tertiary/aromatic N) is 1. The molecule has 0 unspecified atom stereocenters. The van der Waals surface area contributed by atoms with Gasteiger partial charge in [0.2, 0.25) is 0 Å². The van der Waals surface area contributed by atoms with Crippen molar-refractivity contribution in [2.75, 3.05) is 4.90 Å². The minimum Gasteiger partial charge on any atom is -0.311 e. The van der Waals surface area contributed by atoms with Gasteiger partial charge in [-0.2, -0.15) is 0 Å². The van der Waals surface area contributed by atoms with E-state index < -0.39 is 16.1 Å². The highest BCUT2D eigenvalue weighted by Gasteiger charge is 2.58. The SMILES string of the molecule is c1ccc(N(c2ccc(-c3cccc4c3sc3ccccc34)cc2)c2ccc3c(c2)[Si]2(c4ccccc4Sc4ccccc42)c2ccccc2[Si]3(c2ccccc2)c2ccccc2)cc1. The first-order valence-electron chi connectivity index (χ1n) is 22.3. The maximum atomic E-state index is 2.63. The number of fused-ring (bicyclic) bond motifs is 11. The van der Waals surface area contributed by atoms with E-state index >= 15 is 0 Å². The number of para-hydroxylation sites is 1. The molecule has 1 spiro atoms. The number of hydrogen-bond acceptors (Lipinski definition) is 3. The average Bonchev–Trinajstić information content (AvgIpc) is 3.77. The predicted octanol–water partition coefficient (Wildman–Crippen LogP) is 10.7. The molecule has 0 atom stereocenters. The molecule has 0 radical (unpaired) electrons. The fourth-order valence-electron chi connectivity index (χ4n) is 11.3. The Morgan fingerprint density at radius 1 is 0.323 bits per heavy atom. The van der Waals surface area contributed by atoms with E-state index in [1.54, 1.807) is 0 Å². The molecule has 5 heteroatoms. The molecule has 65 heavy (non-hydrogen) atoms.